The van der Waals surface area contributed by atoms with Crippen molar-refractivity contribution in [2.24, 2.45) is 0 Å². The van der Waals surface area contributed by atoms with E-state index in [1.807, 2.05) is 44.3 Å². The highest BCUT2D eigenvalue weighted by molar-refractivity contribution is 9.10. The number of aromatic nitrogens is 3. The molecule has 1 fully saturated rings. The zero-order chi connectivity index (χ0) is 28.4. The second kappa shape index (κ2) is 11.6. The van der Waals surface area contributed by atoms with Gasteiger partial charge in [0, 0.05) is 17.6 Å². The van der Waals surface area contributed by atoms with E-state index in [0.29, 0.717) is 30.1 Å². The molecule has 1 saturated heterocycles. The van der Waals surface area contributed by atoms with Gasteiger partial charge in [-0.1, -0.05) is 51.5 Å². The third kappa shape index (κ3) is 5.77. The van der Waals surface area contributed by atoms with Crippen molar-refractivity contribution in [3.8, 4) is 16.9 Å². The van der Waals surface area contributed by atoms with E-state index >= 15 is 0 Å². The topological polar surface area (TPSA) is 80.6 Å². The van der Waals surface area contributed by atoms with E-state index in [9.17, 15) is 14.0 Å². The van der Waals surface area contributed by atoms with Crippen molar-refractivity contribution in [1.82, 2.24) is 24.8 Å². The second-order valence-electron chi connectivity index (χ2n) is 9.84. The Bertz CT molecular complexity index is 1560. The minimum Gasteiger partial charge on any atom is -0.497 e. The Morgan fingerprint density at radius 1 is 1.07 bits per heavy atom. The number of ether oxygens (including phenoxy) is 1. The van der Waals surface area contributed by atoms with Gasteiger partial charge in [-0.05, 0) is 66.4 Å². The van der Waals surface area contributed by atoms with Gasteiger partial charge in [0.15, 0.2) is 0 Å². The molecule has 206 valence electrons. The van der Waals surface area contributed by atoms with Gasteiger partial charge in [-0.2, -0.15) is 0 Å². The van der Waals surface area contributed by atoms with E-state index < -0.39 is 11.7 Å². The Hall–Kier alpha value is -4.05. The maximum absolute atomic E-state index is 15.0. The Labute approximate surface area is 240 Å². The minimum absolute atomic E-state index is 0.0239. The van der Waals surface area contributed by atoms with E-state index in [1.165, 1.54) is 17.0 Å². The van der Waals surface area contributed by atoms with E-state index in [2.05, 4.69) is 32.3 Å². The van der Waals surface area contributed by atoms with Gasteiger partial charge in [-0.25, -0.2) is 9.07 Å². The number of carbonyl (C=O) groups is 2. The number of carbonyl (C=O) groups excluding carboxylic acids is 2. The average Bonchev–Trinajstić information content (AvgIpc) is 3.43. The molecule has 3 aromatic carbocycles. The molecular weight excluding hydrogens is 577 g/mol. The molecule has 0 radical (unpaired) electrons. The number of amides is 2. The summed E-state index contributed by atoms with van der Waals surface area (Å²) in [7, 11) is 1.58. The highest BCUT2D eigenvalue weighted by Crippen LogP contribution is 2.26. The molecule has 10 heteroatoms. The lowest BCUT2D eigenvalue weighted by molar-refractivity contribution is -0.135. The summed E-state index contributed by atoms with van der Waals surface area (Å²) in [4.78, 5) is 29.0. The molecule has 40 heavy (non-hydrogen) atoms. The summed E-state index contributed by atoms with van der Waals surface area (Å²) in [6, 6.07) is 17.9. The number of methoxy groups -OCH3 is 1. The number of aryl methyl sites for hydroxylation is 1. The lowest BCUT2D eigenvalue weighted by atomic mass is 10.0. The molecule has 0 unspecified atom stereocenters. The molecule has 1 aliphatic heterocycles. The molecule has 1 atom stereocenters. The Morgan fingerprint density at radius 3 is 2.50 bits per heavy atom. The van der Waals surface area contributed by atoms with Crippen LogP contribution in [-0.2, 0) is 11.3 Å². The average molecular weight is 606 g/mol. The van der Waals surface area contributed by atoms with Crippen LogP contribution in [-0.4, -0.2) is 63.4 Å². The van der Waals surface area contributed by atoms with E-state index in [4.69, 9.17) is 4.74 Å². The van der Waals surface area contributed by atoms with E-state index in [-0.39, 0.29) is 30.6 Å². The van der Waals surface area contributed by atoms with Crippen LogP contribution in [0.25, 0.3) is 11.1 Å². The van der Waals surface area contributed by atoms with E-state index in [0.717, 1.165) is 21.2 Å². The summed E-state index contributed by atoms with van der Waals surface area (Å²) < 4.78 is 23.0. The van der Waals surface area contributed by atoms with Crippen LogP contribution >= 0.6 is 15.9 Å². The van der Waals surface area contributed by atoms with Crippen LogP contribution in [0.3, 0.4) is 0 Å². The fraction of sp³-hybridized carbons (Fsp3) is 0.267. The summed E-state index contributed by atoms with van der Waals surface area (Å²) >= 11 is 3.53. The first kappa shape index (κ1) is 27.5. The van der Waals surface area contributed by atoms with Crippen LogP contribution in [0.5, 0.6) is 5.75 Å². The molecule has 1 aliphatic rings. The molecule has 0 spiro atoms. The van der Waals surface area contributed by atoms with Crippen molar-refractivity contribution in [1.29, 1.82) is 0 Å². The summed E-state index contributed by atoms with van der Waals surface area (Å²) in [6.45, 7) is 4.87. The first-order chi connectivity index (χ1) is 19.2. The molecule has 0 bridgehead atoms. The first-order valence-corrected chi connectivity index (χ1v) is 13.7. The number of piperazine rings is 1. The maximum atomic E-state index is 15.0. The molecule has 2 heterocycles. The number of nitrogens with zero attached hydrogens (tertiary/aromatic N) is 5. The van der Waals surface area contributed by atoms with Crippen LogP contribution in [0.15, 0.2) is 71.3 Å². The number of benzene rings is 3. The van der Waals surface area contributed by atoms with Crippen molar-refractivity contribution >= 4 is 27.7 Å². The molecule has 0 aliphatic carbocycles. The quantitative estimate of drug-likeness (QED) is 0.287. The highest BCUT2D eigenvalue weighted by atomic mass is 79.9. The van der Waals surface area contributed by atoms with Crippen LogP contribution in [0.4, 0.5) is 4.39 Å². The molecule has 0 saturated carbocycles. The number of hydrogen-bond donors (Lipinski definition) is 0. The third-order valence-corrected chi connectivity index (χ3v) is 8.09. The summed E-state index contributed by atoms with van der Waals surface area (Å²) in [5, 5.41) is 8.53. The van der Waals surface area contributed by atoms with Gasteiger partial charge in [0.25, 0.3) is 5.91 Å². The summed E-state index contributed by atoms with van der Waals surface area (Å²) in [5.74, 6) is -0.646. The number of hydrogen-bond acceptors (Lipinski definition) is 5. The van der Waals surface area contributed by atoms with Gasteiger partial charge in [0.05, 0.1) is 31.5 Å². The lowest BCUT2D eigenvalue weighted by Gasteiger charge is -2.34. The van der Waals surface area contributed by atoms with E-state index in [1.54, 1.807) is 34.9 Å². The molecule has 5 rings (SSSR count). The molecule has 8 nitrogen and oxygen atoms in total. The van der Waals surface area contributed by atoms with Crippen LogP contribution in [0.2, 0.25) is 0 Å². The zero-order valence-electron chi connectivity index (χ0n) is 22.5. The van der Waals surface area contributed by atoms with Crippen LogP contribution < -0.4 is 4.74 Å². The largest absolute Gasteiger partial charge is 0.497 e. The van der Waals surface area contributed by atoms with Crippen LogP contribution in [0.1, 0.15) is 40.1 Å². The number of halogens is 2. The SMILES string of the molecule is COc1ccc(-c2ccc(C(=O)N3CCN(Cc4cn([C@@H](C)c5ccc(Br)c(C)c5)nn4)C(=O)C3)c(F)c2)cc1. The van der Waals surface area contributed by atoms with Crippen molar-refractivity contribution < 1.29 is 18.7 Å². The standard InChI is InChI=1S/C30H29BrFN5O3/c1-19-14-22(7-11-27(19)31)20(2)37-17-24(33-34-37)16-35-12-13-36(18-29(35)38)30(39)26-10-6-23(15-28(26)32)21-4-8-25(40-3)9-5-21/h4-11,14-15,17,20H,12-13,16,18H2,1-3H3/t20-/m0/s1. The van der Waals surface area contributed by atoms with Crippen molar-refractivity contribution in [3.63, 3.8) is 0 Å². The van der Waals surface area contributed by atoms with Gasteiger partial charge in [0.2, 0.25) is 5.91 Å². The van der Waals surface area contributed by atoms with Crippen molar-refractivity contribution in [2.75, 3.05) is 26.7 Å². The molecule has 4 aromatic rings. The molecular formula is C30H29BrFN5O3. The Morgan fingerprint density at radius 2 is 1.82 bits per heavy atom. The minimum atomic E-state index is -0.625. The number of rotatable bonds is 7. The third-order valence-electron chi connectivity index (χ3n) is 7.20. The zero-order valence-corrected chi connectivity index (χ0v) is 24.1. The smallest absolute Gasteiger partial charge is 0.257 e. The molecule has 0 N–H and O–H groups in total. The van der Waals surface area contributed by atoms with Crippen LogP contribution in [0, 0.1) is 12.7 Å². The highest BCUT2D eigenvalue weighted by Gasteiger charge is 2.29. The fourth-order valence-corrected chi connectivity index (χ4v) is 4.97. The van der Waals surface area contributed by atoms with Gasteiger partial charge in [-0.3, -0.25) is 9.59 Å². The second-order valence-corrected chi connectivity index (χ2v) is 10.7. The predicted octanol–water partition coefficient (Wildman–Crippen LogP) is 5.26. The summed E-state index contributed by atoms with van der Waals surface area (Å²) in [5.41, 5.74) is 4.30. The Balaban J connectivity index is 1.21. The monoisotopic (exact) mass is 605 g/mol. The van der Waals surface area contributed by atoms with Crippen molar-refractivity contribution in [3.05, 3.63) is 99.5 Å². The fourth-order valence-electron chi connectivity index (χ4n) is 4.72. The van der Waals surface area contributed by atoms with Gasteiger partial charge in [0.1, 0.15) is 23.8 Å². The van der Waals surface area contributed by atoms with Gasteiger partial charge in [-0.15, -0.1) is 5.10 Å². The lowest BCUT2D eigenvalue weighted by Crippen LogP contribution is -2.52. The molecule has 2 amide bonds. The van der Waals surface area contributed by atoms with Gasteiger partial charge < -0.3 is 14.5 Å². The molecule has 1 aromatic heterocycles. The normalized spacial score (nSPS) is 14.4. The predicted molar refractivity (Wildman–Crippen MR) is 152 cm³/mol. The van der Waals surface area contributed by atoms with Gasteiger partial charge >= 0.3 is 0 Å². The first-order valence-electron chi connectivity index (χ1n) is 12.9. The summed E-state index contributed by atoms with van der Waals surface area (Å²) in [6.07, 6.45) is 1.84. The maximum Gasteiger partial charge on any atom is 0.257 e. The Kier molecular flexibility index (Phi) is 7.97. The van der Waals surface area contributed by atoms with Crippen molar-refractivity contribution in [2.45, 2.75) is 26.4 Å².